The van der Waals surface area contributed by atoms with Crippen LogP contribution in [0, 0.1) is 5.82 Å². The summed E-state index contributed by atoms with van der Waals surface area (Å²) < 4.78 is 13.1. The fourth-order valence-corrected chi connectivity index (χ4v) is 2.91. The van der Waals surface area contributed by atoms with Crippen LogP contribution in [-0.4, -0.2) is 55.0 Å². The summed E-state index contributed by atoms with van der Waals surface area (Å²) in [6, 6.07) is 6.80. The number of piperidine rings is 1. The quantitative estimate of drug-likeness (QED) is 0.871. The molecule has 1 aliphatic heterocycles. The predicted octanol–water partition coefficient (Wildman–Crippen LogP) is 1.86. The summed E-state index contributed by atoms with van der Waals surface area (Å²) in [4.78, 5) is 16.4. The number of benzene rings is 1. The maximum Gasteiger partial charge on any atom is 0.234 e. The second-order valence-electron chi connectivity index (χ2n) is 6.08. The maximum absolute atomic E-state index is 13.1. The van der Waals surface area contributed by atoms with Gasteiger partial charge >= 0.3 is 0 Å². The highest BCUT2D eigenvalue weighted by Gasteiger charge is 2.20. The summed E-state index contributed by atoms with van der Waals surface area (Å²) in [5.41, 5.74) is 0.881. The molecule has 2 rings (SSSR count). The molecule has 5 heteroatoms. The fourth-order valence-electron chi connectivity index (χ4n) is 2.91. The van der Waals surface area contributed by atoms with Gasteiger partial charge in [0.15, 0.2) is 0 Å². The molecule has 0 saturated carbocycles. The van der Waals surface area contributed by atoms with Gasteiger partial charge in [0.2, 0.25) is 5.91 Å². The standard InChI is InChI=1S/C17H26FN3O/c1-3-21-9-7-16(8-10-21)19-17(22)13-20(2)12-14-5-4-6-15(18)11-14/h4-6,11,16H,3,7-10,12-13H2,1-2H3,(H,19,22). The van der Waals surface area contributed by atoms with E-state index >= 15 is 0 Å². The van der Waals surface area contributed by atoms with Crippen LogP contribution in [0.3, 0.4) is 0 Å². The minimum Gasteiger partial charge on any atom is -0.352 e. The third kappa shape index (κ3) is 5.39. The molecule has 0 bridgehead atoms. The number of carbonyl (C=O) groups excluding carboxylic acids is 1. The molecule has 122 valence electrons. The first-order chi connectivity index (χ1) is 10.6. The second-order valence-corrected chi connectivity index (χ2v) is 6.08. The first kappa shape index (κ1) is 16.9. The number of nitrogens with zero attached hydrogens (tertiary/aromatic N) is 2. The minimum absolute atomic E-state index is 0.0499. The van der Waals surface area contributed by atoms with Crippen LogP contribution in [0.25, 0.3) is 0 Å². The lowest BCUT2D eigenvalue weighted by Gasteiger charge is -2.31. The SMILES string of the molecule is CCN1CCC(NC(=O)CN(C)Cc2cccc(F)c2)CC1. The van der Waals surface area contributed by atoms with Crippen LogP contribution in [-0.2, 0) is 11.3 Å². The molecule has 0 aromatic heterocycles. The number of likely N-dealkylation sites (tertiary alicyclic amines) is 1. The highest BCUT2D eigenvalue weighted by molar-refractivity contribution is 5.78. The molecule has 1 aromatic carbocycles. The van der Waals surface area contributed by atoms with Gasteiger partial charge in [0.25, 0.3) is 0 Å². The lowest BCUT2D eigenvalue weighted by molar-refractivity contribution is -0.123. The van der Waals surface area contributed by atoms with Gasteiger partial charge in [-0.05, 0) is 44.1 Å². The Balaban J connectivity index is 1.72. The summed E-state index contributed by atoms with van der Waals surface area (Å²) >= 11 is 0. The van der Waals surface area contributed by atoms with E-state index in [4.69, 9.17) is 0 Å². The molecule has 1 aliphatic rings. The Morgan fingerprint density at radius 3 is 2.77 bits per heavy atom. The van der Waals surface area contributed by atoms with E-state index < -0.39 is 0 Å². The molecule has 0 radical (unpaired) electrons. The van der Waals surface area contributed by atoms with Crippen LogP contribution < -0.4 is 5.32 Å². The van der Waals surface area contributed by atoms with Gasteiger partial charge in [-0.25, -0.2) is 4.39 Å². The van der Waals surface area contributed by atoms with E-state index in [0.717, 1.165) is 38.0 Å². The topological polar surface area (TPSA) is 35.6 Å². The maximum atomic E-state index is 13.1. The van der Waals surface area contributed by atoms with E-state index in [1.165, 1.54) is 12.1 Å². The summed E-state index contributed by atoms with van der Waals surface area (Å²) in [5, 5.41) is 3.11. The Labute approximate surface area is 132 Å². The van der Waals surface area contributed by atoms with E-state index in [9.17, 15) is 9.18 Å². The van der Waals surface area contributed by atoms with E-state index in [2.05, 4.69) is 17.1 Å². The first-order valence-corrected chi connectivity index (χ1v) is 8.01. The molecular weight excluding hydrogens is 281 g/mol. The second kappa shape index (κ2) is 8.25. The molecule has 1 fully saturated rings. The molecule has 0 atom stereocenters. The van der Waals surface area contributed by atoms with Crippen molar-refractivity contribution in [1.29, 1.82) is 0 Å². The molecule has 1 aromatic rings. The Morgan fingerprint density at radius 2 is 2.14 bits per heavy atom. The normalized spacial score (nSPS) is 16.9. The van der Waals surface area contributed by atoms with Gasteiger partial charge in [-0.15, -0.1) is 0 Å². The predicted molar refractivity (Wildman–Crippen MR) is 86.0 cm³/mol. The molecule has 0 aliphatic carbocycles. The van der Waals surface area contributed by atoms with E-state index in [1.54, 1.807) is 6.07 Å². The number of nitrogens with one attached hydrogen (secondary N) is 1. The molecule has 1 amide bonds. The number of rotatable bonds is 6. The Hall–Kier alpha value is -1.46. The minimum atomic E-state index is -0.238. The van der Waals surface area contributed by atoms with Crippen molar-refractivity contribution in [3.05, 3.63) is 35.6 Å². The zero-order valence-corrected chi connectivity index (χ0v) is 13.5. The number of hydrogen-bond acceptors (Lipinski definition) is 3. The third-order valence-corrected chi connectivity index (χ3v) is 4.15. The molecule has 1 saturated heterocycles. The third-order valence-electron chi connectivity index (χ3n) is 4.15. The highest BCUT2D eigenvalue weighted by atomic mass is 19.1. The van der Waals surface area contributed by atoms with E-state index in [1.807, 2.05) is 18.0 Å². The van der Waals surface area contributed by atoms with Gasteiger partial charge in [0.05, 0.1) is 6.54 Å². The Kier molecular flexibility index (Phi) is 6.34. The highest BCUT2D eigenvalue weighted by Crippen LogP contribution is 2.10. The Morgan fingerprint density at radius 1 is 1.41 bits per heavy atom. The van der Waals surface area contributed by atoms with Crippen LogP contribution >= 0.6 is 0 Å². The number of hydrogen-bond donors (Lipinski definition) is 1. The van der Waals surface area contributed by atoms with Crippen molar-refractivity contribution in [2.24, 2.45) is 0 Å². The van der Waals surface area contributed by atoms with Crippen LogP contribution in [0.1, 0.15) is 25.3 Å². The zero-order valence-electron chi connectivity index (χ0n) is 13.5. The van der Waals surface area contributed by atoms with Gasteiger partial charge in [0.1, 0.15) is 5.82 Å². The van der Waals surface area contributed by atoms with Gasteiger partial charge in [-0.1, -0.05) is 19.1 Å². The van der Waals surface area contributed by atoms with Crippen molar-refractivity contribution in [2.45, 2.75) is 32.4 Å². The fraction of sp³-hybridized carbons (Fsp3) is 0.588. The molecular formula is C17H26FN3O. The largest absolute Gasteiger partial charge is 0.352 e. The van der Waals surface area contributed by atoms with Crippen LogP contribution in [0.5, 0.6) is 0 Å². The zero-order chi connectivity index (χ0) is 15.9. The molecule has 0 spiro atoms. The van der Waals surface area contributed by atoms with Gasteiger partial charge < -0.3 is 10.2 Å². The van der Waals surface area contributed by atoms with Crippen molar-refractivity contribution < 1.29 is 9.18 Å². The van der Waals surface area contributed by atoms with E-state index in [-0.39, 0.29) is 17.8 Å². The number of likely N-dealkylation sites (N-methyl/N-ethyl adjacent to an activating group) is 1. The van der Waals surface area contributed by atoms with Crippen molar-refractivity contribution in [1.82, 2.24) is 15.1 Å². The average Bonchev–Trinajstić information content (AvgIpc) is 2.47. The number of amides is 1. The molecule has 1 N–H and O–H groups in total. The number of halogens is 1. The summed E-state index contributed by atoms with van der Waals surface area (Å²) in [6.07, 6.45) is 2.04. The summed E-state index contributed by atoms with van der Waals surface area (Å²) in [7, 11) is 1.88. The molecule has 22 heavy (non-hydrogen) atoms. The van der Waals surface area contributed by atoms with Crippen molar-refractivity contribution in [3.8, 4) is 0 Å². The van der Waals surface area contributed by atoms with Crippen molar-refractivity contribution >= 4 is 5.91 Å². The van der Waals surface area contributed by atoms with E-state index in [0.29, 0.717) is 13.1 Å². The lowest BCUT2D eigenvalue weighted by atomic mass is 10.1. The van der Waals surface area contributed by atoms with Gasteiger partial charge in [-0.3, -0.25) is 9.69 Å². The molecule has 4 nitrogen and oxygen atoms in total. The van der Waals surface area contributed by atoms with Gasteiger partial charge in [0, 0.05) is 25.7 Å². The average molecular weight is 307 g/mol. The van der Waals surface area contributed by atoms with Crippen LogP contribution in [0.15, 0.2) is 24.3 Å². The molecule has 1 heterocycles. The van der Waals surface area contributed by atoms with Crippen LogP contribution in [0.4, 0.5) is 4.39 Å². The first-order valence-electron chi connectivity index (χ1n) is 8.01. The smallest absolute Gasteiger partial charge is 0.234 e. The monoisotopic (exact) mass is 307 g/mol. The molecule has 0 unspecified atom stereocenters. The summed E-state index contributed by atoms with van der Waals surface area (Å²) in [5.74, 6) is -0.188. The lowest BCUT2D eigenvalue weighted by Crippen LogP contribution is -2.46. The Bertz CT molecular complexity index is 487. The van der Waals surface area contributed by atoms with Crippen molar-refractivity contribution in [2.75, 3.05) is 33.2 Å². The van der Waals surface area contributed by atoms with Gasteiger partial charge in [-0.2, -0.15) is 0 Å². The summed E-state index contributed by atoms with van der Waals surface area (Å²) in [6.45, 7) is 6.27. The van der Waals surface area contributed by atoms with Crippen LogP contribution in [0.2, 0.25) is 0 Å². The van der Waals surface area contributed by atoms with Crippen molar-refractivity contribution in [3.63, 3.8) is 0 Å². The number of carbonyl (C=O) groups is 1.